The zero-order valence-electron chi connectivity index (χ0n) is 9.57. The lowest BCUT2D eigenvalue weighted by Gasteiger charge is -2.08. The molecular formula is C12H11BrN2O3. The van der Waals surface area contributed by atoms with Crippen LogP contribution in [0.5, 0.6) is 5.75 Å². The number of nitrogens with two attached hydrogens (primary N) is 1. The van der Waals surface area contributed by atoms with E-state index in [4.69, 9.17) is 14.9 Å². The largest absolute Gasteiger partial charge is 0.495 e. The molecule has 0 bridgehead atoms. The Balaban J connectivity index is 2.20. The first-order valence-corrected chi connectivity index (χ1v) is 5.89. The van der Waals surface area contributed by atoms with Gasteiger partial charge in [-0.3, -0.25) is 4.79 Å². The highest BCUT2D eigenvalue weighted by Gasteiger charge is 2.13. The standard InChI is InChI=1S/C12H11BrN2O3/c1-17-10-6-7(2-3-9(10)14)15-12(16)8-4-5-18-11(8)13/h2-6H,14H2,1H3,(H,15,16). The van der Waals surface area contributed by atoms with Gasteiger partial charge in [0.1, 0.15) is 5.75 Å². The van der Waals surface area contributed by atoms with Crippen molar-refractivity contribution in [1.29, 1.82) is 0 Å². The summed E-state index contributed by atoms with van der Waals surface area (Å²) in [6.07, 6.45) is 1.43. The van der Waals surface area contributed by atoms with E-state index < -0.39 is 0 Å². The van der Waals surface area contributed by atoms with Crippen molar-refractivity contribution in [3.05, 3.63) is 40.8 Å². The number of amides is 1. The van der Waals surface area contributed by atoms with Gasteiger partial charge in [0.25, 0.3) is 5.91 Å². The molecule has 0 spiro atoms. The molecule has 1 aromatic carbocycles. The third kappa shape index (κ3) is 2.48. The Morgan fingerprint density at radius 3 is 2.83 bits per heavy atom. The van der Waals surface area contributed by atoms with Crippen LogP contribution in [0.3, 0.4) is 0 Å². The lowest BCUT2D eigenvalue weighted by Crippen LogP contribution is -2.11. The zero-order chi connectivity index (χ0) is 13.1. The van der Waals surface area contributed by atoms with Crippen LogP contribution < -0.4 is 15.8 Å². The molecule has 3 N–H and O–H groups in total. The first-order valence-electron chi connectivity index (χ1n) is 5.09. The van der Waals surface area contributed by atoms with Crippen molar-refractivity contribution in [3.63, 3.8) is 0 Å². The Morgan fingerprint density at radius 2 is 2.22 bits per heavy atom. The number of carbonyl (C=O) groups excluding carboxylic acids is 1. The van der Waals surface area contributed by atoms with Gasteiger partial charge in [0.15, 0.2) is 4.67 Å². The van der Waals surface area contributed by atoms with Crippen molar-refractivity contribution in [2.75, 3.05) is 18.2 Å². The monoisotopic (exact) mass is 310 g/mol. The topological polar surface area (TPSA) is 77.5 Å². The lowest BCUT2D eigenvalue weighted by molar-refractivity contribution is 0.102. The first kappa shape index (κ1) is 12.5. The van der Waals surface area contributed by atoms with E-state index in [-0.39, 0.29) is 5.91 Å². The highest BCUT2D eigenvalue weighted by atomic mass is 79.9. The second-order valence-electron chi connectivity index (χ2n) is 3.52. The quantitative estimate of drug-likeness (QED) is 0.855. The maximum atomic E-state index is 11.9. The smallest absolute Gasteiger partial charge is 0.260 e. The molecule has 0 radical (unpaired) electrons. The summed E-state index contributed by atoms with van der Waals surface area (Å²) in [5, 5.41) is 2.72. The molecule has 2 aromatic rings. The molecule has 0 saturated heterocycles. The molecule has 1 aromatic heterocycles. The van der Waals surface area contributed by atoms with Crippen LogP contribution in [0, 0.1) is 0 Å². The molecule has 18 heavy (non-hydrogen) atoms. The van der Waals surface area contributed by atoms with Crippen LogP contribution in [0.2, 0.25) is 0 Å². The molecule has 0 unspecified atom stereocenters. The molecule has 0 fully saturated rings. The number of carbonyl (C=O) groups is 1. The predicted octanol–water partition coefficient (Wildman–Crippen LogP) is 2.89. The second kappa shape index (κ2) is 5.14. The van der Waals surface area contributed by atoms with Crippen molar-refractivity contribution in [3.8, 4) is 5.75 Å². The van der Waals surface area contributed by atoms with Gasteiger partial charge in [0.05, 0.1) is 24.6 Å². The Hall–Kier alpha value is -1.95. The molecule has 0 aliphatic heterocycles. The number of hydrogen-bond donors (Lipinski definition) is 2. The first-order chi connectivity index (χ1) is 8.61. The Labute approximate surface area is 112 Å². The molecule has 6 heteroatoms. The molecule has 5 nitrogen and oxygen atoms in total. The molecule has 1 amide bonds. The van der Waals surface area contributed by atoms with Crippen molar-refractivity contribution in [2.24, 2.45) is 0 Å². The highest BCUT2D eigenvalue weighted by molar-refractivity contribution is 9.10. The van der Waals surface area contributed by atoms with E-state index in [1.54, 1.807) is 24.3 Å². The fourth-order valence-corrected chi connectivity index (χ4v) is 1.86. The normalized spacial score (nSPS) is 10.1. The molecule has 0 atom stereocenters. The summed E-state index contributed by atoms with van der Waals surface area (Å²) >= 11 is 3.15. The summed E-state index contributed by atoms with van der Waals surface area (Å²) in [4.78, 5) is 11.9. The summed E-state index contributed by atoms with van der Waals surface area (Å²) in [5.41, 5.74) is 7.22. The van der Waals surface area contributed by atoms with E-state index in [1.165, 1.54) is 13.4 Å². The number of anilines is 2. The molecule has 2 rings (SSSR count). The predicted molar refractivity (Wildman–Crippen MR) is 71.8 cm³/mol. The minimum atomic E-state index is -0.276. The average Bonchev–Trinajstić information content (AvgIpc) is 2.78. The number of furan rings is 1. The van der Waals surface area contributed by atoms with E-state index in [0.29, 0.717) is 27.4 Å². The van der Waals surface area contributed by atoms with E-state index in [2.05, 4.69) is 21.2 Å². The summed E-state index contributed by atoms with van der Waals surface area (Å²) in [7, 11) is 1.52. The number of nitrogen functional groups attached to an aromatic ring is 1. The minimum Gasteiger partial charge on any atom is -0.495 e. The summed E-state index contributed by atoms with van der Waals surface area (Å²) < 4.78 is 10.5. The van der Waals surface area contributed by atoms with Crippen LogP contribution in [0.15, 0.2) is 39.6 Å². The number of hydrogen-bond acceptors (Lipinski definition) is 4. The third-order valence-corrected chi connectivity index (χ3v) is 2.97. The second-order valence-corrected chi connectivity index (χ2v) is 4.24. The number of nitrogens with one attached hydrogen (secondary N) is 1. The van der Waals surface area contributed by atoms with E-state index >= 15 is 0 Å². The fourth-order valence-electron chi connectivity index (χ4n) is 1.44. The number of benzene rings is 1. The van der Waals surface area contributed by atoms with Crippen LogP contribution in [0.4, 0.5) is 11.4 Å². The van der Waals surface area contributed by atoms with Gasteiger partial charge in [-0.2, -0.15) is 0 Å². The Bertz CT molecular complexity index is 580. The Kier molecular flexibility index (Phi) is 3.57. The Morgan fingerprint density at radius 1 is 1.44 bits per heavy atom. The van der Waals surface area contributed by atoms with Crippen molar-refractivity contribution in [2.45, 2.75) is 0 Å². The lowest BCUT2D eigenvalue weighted by atomic mass is 10.2. The summed E-state index contributed by atoms with van der Waals surface area (Å²) in [5.74, 6) is 0.238. The van der Waals surface area contributed by atoms with Gasteiger partial charge in [-0.15, -0.1) is 0 Å². The van der Waals surface area contributed by atoms with Crippen LogP contribution in [0.1, 0.15) is 10.4 Å². The van der Waals surface area contributed by atoms with Crippen molar-refractivity contribution >= 4 is 33.2 Å². The fraction of sp³-hybridized carbons (Fsp3) is 0.0833. The maximum absolute atomic E-state index is 11.9. The molecular weight excluding hydrogens is 300 g/mol. The minimum absolute atomic E-state index is 0.276. The number of ether oxygens (including phenoxy) is 1. The van der Waals surface area contributed by atoms with Gasteiger partial charge < -0.3 is 20.2 Å². The van der Waals surface area contributed by atoms with E-state index in [0.717, 1.165) is 0 Å². The van der Waals surface area contributed by atoms with E-state index in [1.807, 2.05) is 0 Å². The van der Waals surface area contributed by atoms with Crippen molar-refractivity contribution < 1.29 is 13.9 Å². The van der Waals surface area contributed by atoms with Gasteiger partial charge >= 0.3 is 0 Å². The molecule has 94 valence electrons. The van der Waals surface area contributed by atoms with Crippen LogP contribution >= 0.6 is 15.9 Å². The number of halogens is 1. The van der Waals surface area contributed by atoms with Crippen molar-refractivity contribution in [1.82, 2.24) is 0 Å². The van der Waals surface area contributed by atoms with Gasteiger partial charge in [-0.05, 0) is 34.1 Å². The van der Waals surface area contributed by atoms with Crippen LogP contribution in [0.25, 0.3) is 0 Å². The van der Waals surface area contributed by atoms with E-state index in [9.17, 15) is 4.79 Å². The SMILES string of the molecule is COc1cc(NC(=O)c2ccoc2Br)ccc1N. The van der Waals surface area contributed by atoms with Crippen LogP contribution in [-0.4, -0.2) is 13.0 Å². The van der Waals surface area contributed by atoms with Gasteiger partial charge in [0, 0.05) is 11.8 Å². The van der Waals surface area contributed by atoms with Gasteiger partial charge in [0.2, 0.25) is 0 Å². The average molecular weight is 311 g/mol. The molecule has 0 aliphatic carbocycles. The molecule has 0 aliphatic rings. The molecule has 0 saturated carbocycles. The summed E-state index contributed by atoms with van der Waals surface area (Å²) in [6.45, 7) is 0. The van der Waals surface area contributed by atoms with Gasteiger partial charge in [-0.1, -0.05) is 0 Å². The number of rotatable bonds is 3. The van der Waals surface area contributed by atoms with Crippen LogP contribution in [-0.2, 0) is 0 Å². The number of methoxy groups -OCH3 is 1. The summed E-state index contributed by atoms with van der Waals surface area (Å²) in [6, 6.07) is 6.60. The maximum Gasteiger partial charge on any atom is 0.260 e. The third-order valence-electron chi connectivity index (χ3n) is 2.35. The highest BCUT2D eigenvalue weighted by Crippen LogP contribution is 2.26. The van der Waals surface area contributed by atoms with Gasteiger partial charge in [-0.25, -0.2) is 0 Å². The molecule has 1 heterocycles. The zero-order valence-corrected chi connectivity index (χ0v) is 11.2.